The molecule has 1 heterocycles. The van der Waals surface area contributed by atoms with Gasteiger partial charge in [-0.1, -0.05) is 30.9 Å². The highest BCUT2D eigenvalue weighted by Gasteiger charge is 2.32. The maximum Gasteiger partial charge on any atom is 0.417 e. The highest BCUT2D eigenvalue weighted by Crippen LogP contribution is 2.29. The number of nitrogens with one attached hydrogen (secondary N) is 2. The van der Waals surface area contributed by atoms with Gasteiger partial charge in [-0.05, 0) is 18.9 Å². The molecule has 0 radical (unpaired) electrons. The molecular weight excluding hydrogens is 363 g/mol. The number of nitrogens with zero attached hydrogens (tertiary/aromatic N) is 1. The van der Waals surface area contributed by atoms with Crippen LogP contribution in [0.15, 0.2) is 17.1 Å². The fourth-order valence-electron chi connectivity index (χ4n) is 2.66. The van der Waals surface area contributed by atoms with Crippen molar-refractivity contribution in [2.45, 2.75) is 50.9 Å². The first-order valence-corrected chi connectivity index (χ1v) is 8.12. The Labute approximate surface area is 146 Å². The summed E-state index contributed by atoms with van der Waals surface area (Å²) >= 11 is 5.50. The van der Waals surface area contributed by atoms with Crippen LogP contribution in [0.3, 0.4) is 0 Å². The quantitative estimate of drug-likeness (QED) is 0.847. The summed E-state index contributed by atoms with van der Waals surface area (Å²) in [6.45, 7) is -0.749. The van der Waals surface area contributed by atoms with Crippen molar-refractivity contribution in [3.8, 4) is 0 Å². The van der Waals surface area contributed by atoms with Crippen LogP contribution in [0, 0.1) is 0 Å². The Hall–Kier alpha value is -2.03. The molecule has 138 valence electrons. The molecule has 10 heteroatoms. The number of halogens is 4. The zero-order valence-electron chi connectivity index (χ0n) is 13.2. The van der Waals surface area contributed by atoms with Gasteiger partial charge in [0.05, 0.1) is 5.56 Å². The van der Waals surface area contributed by atoms with Crippen molar-refractivity contribution < 1.29 is 22.8 Å². The molecule has 6 nitrogen and oxygen atoms in total. The summed E-state index contributed by atoms with van der Waals surface area (Å²) in [7, 11) is 0. The van der Waals surface area contributed by atoms with Crippen molar-refractivity contribution in [1.29, 1.82) is 0 Å². The molecule has 1 aliphatic carbocycles. The van der Waals surface area contributed by atoms with Gasteiger partial charge >= 0.3 is 12.2 Å². The van der Waals surface area contributed by atoms with E-state index in [1.807, 2.05) is 5.32 Å². The summed E-state index contributed by atoms with van der Waals surface area (Å²) < 4.78 is 38.8. The summed E-state index contributed by atoms with van der Waals surface area (Å²) in [6.07, 6.45) is 0.460. The highest BCUT2D eigenvalue weighted by molar-refractivity contribution is 6.30. The van der Waals surface area contributed by atoms with Gasteiger partial charge in [0.25, 0.3) is 5.56 Å². The molecule has 0 aliphatic heterocycles. The number of imide groups is 1. The van der Waals surface area contributed by atoms with E-state index >= 15 is 0 Å². The third-order valence-corrected chi connectivity index (χ3v) is 4.15. The first kappa shape index (κ1) is 19.3. The lowest BCUT2D eigenvalue weighted by Gasteiger charge is -2.22. The van der Waals surface area contributed by atoms with Gasteiger partial charge in [0.2, 0.25) is 5.91 Å². The SMILES string of the molecule is O=C(Cn1cc(C(F)(F)F)cc(Cl)c1=O)NC(=O)NC1CCCCC1. The van der Waals surface area contributed by atoms with Crippen LogP contribution in [0.25, 0.3) is 0 Å². The molecule has 0 atom stereocenters. The molecule has 0 saturated heterocycles. The number of carbonyl (C=O) groups excluding carboxylic acids is 2. The molecule has 2 N–H and O–H groups in total. The fourth-order valence-corrected chi connectivity index (χ4v) is 2.89. The van der Waals surface area contributed by atoms with Crippen molar-refractivity contribution in [2.75, 3.05) is 0 Å². The van der Waals surface area contributed by atoms with Crippen LogP contribution in [-0.4, -0.2) is 22.5 Å². The number of alkyl halides is 3. The molecule has 0 bridgehead atoms. The van der Waals surface area contributed by atoms with Crippen LogP contribution in [-0.2, 0) is 17.5 Å². The van der Waals surface area contributed by atoms with Crippen LogP contribution in [0.4, 0.5) is 18.0 Å². The van der Waals surface area contributed by atoms with E-state index in [1.165, 1.54) is 0 Å². The van der Waals surface area contributed by atoms with Crippen molar-refractivity contribution in [3.05, 3.63) is 33.2 Å². The maximum atomic E-state index is 12.7. The van der Waals surface area contributed by atoms with Gasteiger partial charge in [0.15, 0.2) is 0 Å². The Morgan fingerprint density at radius 1 is 1.24 bits per heavy atom. The summed E-state index contributed by atoms with van der Waals surface area (Å²) in [5.41, 5.74) is -2.10. The van der Waals surface area contributed by atoms with Crippen LogP contribution in [0.1, 0.15) is 37.7 Å². The van der Waals surface area contributed by atoms with E-state index in [4.69, 9.17) is 11.6 Å². The lowest BCUT2D eigenvalue weighted by Crippen LogP contribution is -2.46. The van der Waals surface area contributed by atoms with Gasteiger partial charge in [-0.15, -0.1) is 0 Å². The standard InChI is InChI=1S/C15H17ClF3N3O3/c16-11-6-9(15(17,18)19)7-22(13(11)24)8-12(23)21-14(25)20-10-4-2-1-3-5-10/h6-7,10H,1-5,8H2,(H2,20,21,23,25). The van der Waals surface area contributed by atoms with E-state index in [9.17, 15) is 27.6 Å². The van der Waals surface area contributed by atoms with Crippen molar-refractivity contribution in [3.63, 3.8) is 0 Å². The van der Waals surface area contributed by atoms with E-state index < -0.39 is 40.8 Å². The minimum atomic E-state index is -4.71. The normalized spacial score (nSPS) is 15.7. The Morgan fingerprint density at radius 2 is 1.88 bits per heavy atom. The first-order valence-electron chi connectivity index (χ1n) is 7.74. The van der Waals surface area contributed by atoms with Gasteiger partial charge in [-0.3, -0.25) is 14.9 Å². The van der Waals surface area contributed by atoms with Gasteiger partial charge < -0.3 is 9.88 Å². The first-order chi connectivity index (χ1) is 11.7. The molecule has 1 aromatic heterocycles. The van der Waals surface area contributed by atoms with E-state index in [1.54, 1.807) is 0 Å². The van der Waals surface area contributed by atoms with Gasteiger partial charge in [0, 0.05) is 12.2 Å². The van der Waals surface area contributed by atoms with Crippen molar-refractivity contribution >= 4 is 23.5 Å². The average molecular weight is 380 g/mol. The third-order valence-electron chi connectivity index (χ3n) is 3.88. The van der Waals surface area contributed by atoms with Gasteiger partial charge in [0.1, 0.15) is 11.6 Å². The topological polar surface area (TPSA) is 80.2 Å². The van der Waals surface area contributed by atoms with Gasteiger partial charge in [-0.25, -0.2) is 4.79 Å². The van der Waals surface area contributed by atoms with Crippen molar-refractivity contribution in [1.82, 2.24) is 15.2 Å². The van der Waals surface area contributed by atoms with Crippen LogP contribution in [0.2, 0.25) is 5.02 Å². The Balaban J connectivity index is 2.01. The fraction of sp³-hybridized carbons (Fsp3) is 0.533. The Morgan fingerprint density at radius 3 is 2.48 bits per heavy atom. The van der Waals surface area contributed by atoms with E-state index in [0.29, 0.717) is 16.8 Å². The summed E-state index contributed by atoms with van der Waals surface area (Å²) in [6, 6.07) is -0.274. The minimum absolute atomic E-state index is 0.0349. The van der Waals surface area contributed by atoms with Gasteiger partial charge in [-0.2, -0.15) is 13.2 Å². The Kier molecular flexibility index (Phi) is 6.10. The molecule has 3 amide bonds. The van der Waals surface area contributed by atoms with Crippen LogP contribution in [0.5, 0.6) is 0 Å². The molecule has 0 spiro atoms. The number of hydrogen-bond donors (Lipinski definition) is 2. The number of rotatable bonds is 3. The monoisotopic (exact) mass is 379 g/mol. The highest BCUT2D eigenvalue weighted by atomic mass is 35.5. The number of urea groups is 1. The molecular formula is C15H17ClF3N3O3. The number of pyridine rings is 1. The number of aromatic nitrogens is 1. The largest absolute Gasteiger partial charge is 0.417 e. The van der Waals surface area contributed by atoms with E-state index in [0.717, 1.165) is 32.1 Å². The van der Waals surface area contributed by atoms with E-state index in [2.05, 4.69) is 5.32 Å². The molecule has 25 heavy (non-hydrogen) atoms. The number of hydrogen-bond acceptors (Lipinski definition) is 3. The molecule has 0 aromatic carbocycles. The maximum absolute atomic E-state index is 12.7. The lowest BCUT2D eigenvalue weighted by molar-refractivity contribution is -0.138. The summed E-state index contributed by atoms with van der Waals surface area (Å²) in [5, 5.41) is 3.98. The number of amides is 3. The summed E-state index contributed by atoms with van der Waals surface area (Å²) in [5.74, 6) is -0.911. The molecule has 0 unspecified atom stereocenters. The second kappa shape index (κ2) is 7.90. The summed E-state index contributed by atoms with van der Waals surface area (Å²) in [4.78, 5) is 35.4. The average Bonchev–Trinajstić information content (AvgIpc) is 2.51. The van der Waals surface area contributed by atoms with Crippen LogP contribution >= 0.6 is 11.6 Å². The molecule has 2 rings (SSSR count). The molecule has 1 fully saturated rings. The molecule has 1 aliphatic rings. The minimum Gasteiger partial charge on any atom is -0.335 e. The zero-order chi connectivity index (χ0) is 18.6. The smallest absolute Gasteiger partial charge is 0.335 e. The molecule has 1 saturated carbocycles. The third kappa shape index (κ3) is 5.48. The predicted octanol–water partition coefficient (Wildman–Crippen LogP) is 2.68. The van der Waals surface area contributed by atoms with Crippen molar-refractivity contribution in [2.24, 2.45) is 0 Å². The second-order valence-corrected chi connectivity index (χ2v) is 6.27. The Bertz CT molecular complexity index is 712. The zero-order valence-corrected chi connectivity index (χ0v) is 13.9. The molecule has 1 aromatic rings. The lowest BCUT2D eigenvalue weighted by atomic mass is 9.96. The number of carbonyl (C=O) groups is 2. The van der Waals surface area contributed by atoms with Crippen LogP contribution < -0.4 is 16.2 Å². The second-order valence-electron chi connectivity index (χ2n) is 5.86. The predicted molar refractivity (Wildman–Crippen MR) is 84.3 cm³/mol. The van der Waals surface area contributed by atoms with E-state index in [-0.39, 0.29) is 6.04 Å².